The summed E-state index contributed by atoms with van der Waals surface area (Å²) in [5.41, 5.74) is 2.78. The van der Waals surface area contributed by atoms with Gasteiger partial charge in [0.25, 0.3) is 0 Å². The predicted molar refractivity (Wildman–Crippen MR) is 73.5 cm³/mol. The Kier molecular flexibility index (Phi) is 4.02. The van der Waals surface area contributed by atoms with Crippen LogP contribution in [-0.2, 0) is 11.2 Å². The second-order valence-corrected chi connectivity index (χ2v) is 5.31. The van der Waals surface area contributed by atoms with E-state index >= 15 is 0 Å². The molecule has 0 aromatic carbocycles. The number of aliphatic carboxylic acids is 1. The van der Waals surface area contributed by atoms with Gasteiger partial charge in [-0.2, -0.15) is 0 Å². The fourth-order valence-corrected chi connectivity index (χ4v) is 2.47. The quantitative estimate of drug-likeness (QED) is 0.899. The van der Waals surface area contributed by atoms with Crippen molar-refractivity contribution in [2.45, 2.75) is 40.0 Å². The van der Waals surface area contributed by atoms with Crippen LogP contribution in [0.1, 0.15) is 36.7 Å². The van der Waals surface area contributed by atoms with Gasteiger partial charge in [0, 0.05) is 24.5 Å². The highest BCUT2D eigenvalue weighted by Crippen LogP contribution is 2.21. The SMILES string of the molecule is Cc1nc(N2CCCC2)nc(C)c1CC(C)C(=O)O. The summed E-state index contributed by atoms with van der Waals surface area (Å²) in [5, 5.41) is 9.00. The Morgan fingerprint density at radius 2 is 1.79 bits per heavy atom. The second-order valence-electron chi connectivity index (χ2n) is 5.31. The van der Waals surface area contributed by atoms with Crippen LogP contribution in [0.3, 0.4) is 0 Å². The van der Waals surface area contributed by atoms with Gasteiger partial charge in [-0.1, -0.05) is 6.92 Å². The maximum atomic E-state index is 11.0. The maximum Gasteiger partial charge on any atom is 0.306 e. The molecule has 1 saturated heterocycles. The molecule has 1 fully saturated rings. The first-order valence-electron chi connectivity index (χ1n) is 6.81. The van der Waals surface area contributed by atoms with Gasteiger partial charge in [-0.25, -0.2) is 9.97 Å². The molecule has 1 aromatic rings. The van der Waals surface area contributed by atoms with Crippen LogP contribution in [0.5, 0.6) is 0 Å². The molecule has 2 heterocycles. The number of hydrogen-bond acceptors (Lipinski definition) is 4. The molecule has 1 atom stereocenters. The molecular weight excluding hydrogens is 242 g/mol. The number of hydrogen-bond donors (Lipinski definition) is 1. The van der Waals surface area contributed by atoms with Crippen molar-refractivity contribution in [1.29, 1.82) is 0 Å². The monoisotopic (exact) mass is 263 g/mol. The summed E-state index contributed by atoms with van der Waals surface area (Å²) in [6.07, 6.45) is 2.88. The van der Waals surface area contributed by atoms with Crippen molar-refractivity contribution in [2.75, 3.05) is 18.0 Å². The summed E-state index contributed by atoms with van der Waals surface area (Å²) >= 11 is 0. The van der Waals surface area contributed by atoms with E-state index in [0.717, 1.165) is 36.0 Å². The van der Waals surface area contributed by atoms with Gasteiger partial charge >= 0.3 is 5.97 Å². The molecule has 0 amide bonds. The highest BCUT2D eigenvalue weighted by atomic mass is 16.4. The number of carboxylic acids is 1. The van der Waals surface area contributed by atoms with Crippen LogP contribution in [-0.4, -0.2) is 34.1 Å². The van der Waals surface area contributed by atoms with Crippen LogP contribution < -0.4 is 4.90 Å². The molecule has 104 valence electrons. The highest BCUT2D eigenvalue weighted by Gasteiger charge is 2.20. The Morgan fingerprint density at radius 1 is 1.26 bits per heavy atom. The minimum Gasteiger partial charge on any atom is -0.481 e. The van der Waals surface area contributed by atoms with Crippen LogP contribution in [0.25, 0.3) is 0 Å². The first kappa shape index (κ1) is 13.8. The maximum absolute atomic E-state index is 11.0. The van der Waals surface area contributed by atoms with Gasteiger partial charge in [-0.15, -0.1) is 0 Å². The molecule has 1 unspecified atom stereocenters. The van der Waals surface area contributed by atoms with Crippen molar-refractivity contribution in [3.05, 3.63) is 17.0 Å². The average molecular weight is 263 g/mol. The molecule has 0 saturated carbocycles. The van der Waals surface area contributed by atoms with E-state index in [4.69, 9.17) is 5.11 Å². The van der Waals surface area contributed by atoms with Gasteiger partial charge in [-0.3, -0.25) is 4.79 Å². The lowest BCUT2D eigenvalue weighted by Crippen LogP contribution is -2.22. The summed E-state index contributed by atoms with van der Waals surface area (Å²) in [6, 6.07) is 0. The fraction of sp³-hybridized carbons (Fsp3) is 0.643. The summed E-state index contributed by atoms with van der Waals surface area (Å²) in [4.78, 5) is 22.3. The Morgan fingerprint density at radius 3 is 2.26 bits per heavy atom. The molecule has 0 aliphatic carbocycles. The Bertz CT molecular complexity index is 459. The van der Waals surface area contributed by atoms with Crippen molar-refractivity contribution in [3.8, 4) is 0 Å². The van der Waals surface area contributed by atoms with Crippen LogP contribution in [0, 0.1) is 19.8 Å². The van der Waals surface area contributed by atoms with Gasteiger partial charge in [0.15, 0.2) is 0 Å². The van der Waals surface area contributed by atoms with Crippen molar-refractivity contribution < 1.29 is 9.90 Å². The number of rotatable bonds is 4. The van der Waals surface area contributed by atoms with E-state index in [0.29, 0.717) is 6.42 Å². The molecule has 1 aliphatic rings. The molecule has 1 aliphatic heterocycles. The lowest BCUT2D eigenvalue weighted by Gasteiger charge is -2.18. The van der Waals surface area contributed by atoms with Crippen LogP contribution in [0.15, 0.2) is 0 Å². The third kappa shape index (κ3) is 3.03. The number of aryl methyl sites for hydroxylation is 2. The second kappa shape index (κ2) is 5.55. The zero-order valence-electron chi connectivity index (χ0n) is 11.8. The van der Waals surface area contributed by atoms with Gasteiger partial charge in [0.1, 0.15) is 0 Å². The smallest absolute Gasteiger partial charge is 0.306 e. The lowest BCUT2D eigenvalue weighted by molar-refractivity contribution is -0.141. The van der Waals surface area contributed by atoms with E-state index in [1.165, 1.54) is 12.8 Å². The molecular formula is C14H21N3O2. The topological polar surface area (TPSA) is 66.3 Å². The Labute approximate surface area is 113 Å². The summed E-state index contributed by atoms with van der Waals surface area (Å²) in [6.45, 7) is 7.64. The number of carboxylic acid groups (broad SMARTS) is 1. The van der Waals surface area contributed by atoms with Crippen LogP contribution in [0.4, 0.5) is 5.95 Å². The zero-order chi connectivity index (χ0) is 14.0. The zero-order valence-corrected chi connectivity index (χ0v) is 11.8. The van der Waals surface area contributed by atoms with Gasteiger partial charge < -0.3 is 10.0 Å². The van der Waals surface area contributed by atoms with E-state index < -0.39 is 11.9 Å². The number of nitrogens with zero attached hydrogens (tertiary/aromatic N) is 3. The normalized spacial score (nSPS) is 16.7. The molecule has 1 N–H and O–H groups in total. The Balaban J connectivity index is 2.24. The standard InChI is InChI=1S/C14H21N3O2/c1-9(13(18)19)8-12-10(2)15-14(16-11(12)3)17-6-4-5-7-17/h9H,4-8H2,1-3H3,(H,18,19). The first-order chi connectivity index (χ1) is 8.99. The molecule has 0 bridgehead atoms. The van der Waals surface area contributed by atoms with Crippen molar-refractivity contribution in [3.63, 3.8) is 0 Å². The number of anilines is 1. The number of aromatic nitrogens is 2. The van der Waals surface area contributed by atoms with Gasteiger partial charge in [0.05, 0.1) is 5.92 Å². The minimum absolute atomic E-state index is 0.404. The van der Waals surface area contributed by atoms with Crippen molar-refractivity contribution in [2.24, 2.45) is 5.92 Å². The minimum atomic E-state index is -0.776. The average Bonchev–Trinajstić information content (AvgIpc) is 2.86. The molecule has 2 rings (SSSR count). The van der Waals surface area contributed by atoms with Crippen LogP contribution >= 0.6 is 0 Å². The third-order valence-electron chi connectivity index (χ3n) is 3.73. The van der Waals surface area contributed by atoms with Crippen LogP contribution in [0.2, 0.25) is 0 Å². The molecule has 5 heteroatoms. The molecule has 1 aromatic heterocycles. The molecule has 0 spiro atoms. The van der Waals surface area contributed by atoms with E-state index in [2.05, 4.69) is 14.9 Å². The largest absolute Gasteiger partial charge is 0.481 e. The highest BCUT2D eigenvalue weighted by molar-refractivity contribution is 5.70. The Hall–Kier alpha value is -1.65. The molecule has 5 nitrogen and oxygen atoms in total. The van der Waals surface area contributed by atoms with E-state index in [9.17, 15) is 4.79 Å². The van der Waals surface area contributed by atoms with Gasteiger partial charge in [-0.05, 0) is 38.7 Å². The molecule has 19 heavy (non-hydrogen) atoms. The lowest BCUT2D eigenvalue weighted by atomic mass is 9.99. The summed E-state index contributed by atoms with van der Waals surface area (Å²) in [5.74, 6) is -0.389. The van der Waals surface area contributed by atoms with Crippen molar-refractivity contribution in [1.82, 2.24) is 9.97 Å². The van der Waals surface area contributed by atoms with E-state index in [1.807, 2.05) is 13.8 Å². The fourth-order valence-electron chi connectivity index (χ4n) is 2.47. The number of carbonyl (C=O) groups is 1. The molecule has 0 radical (unpaired) electrons. The summed E-state index contributed by atoms with van der Waals surface area (Å²) in [7, 11) is 0. The third-order valence-corrected chi connectivity index (χ3v) is 3.73. The predicted octanol–water partition coefficient (Wildman–Crippen LogP) is 1.96. The van der Waals surface area contributed by atoms with Gasteiger partial charge in [0.2, 0.25) is 5.95 Å². The van der Waals surface area contributed by atoms with E-state index in [1.54, 1.807) is 6.92 Å². The summed E-state index contributed by atoms with van der Waals surface area (Å²) < 4.78 is 0. The first-order valence-corrected chi connectivity index (χ1v) is 6.81. The van der Waals surface area contributed by atoms with Crippen molar-refractivity contribution >= 4 is 11.9 Å². The van der Waals surface area contributed by atoms with E-state index in [-0.39, 0.29) is 0 Å².